The summed E-state index contributed by atoms with van der Waals surface area (Å²) in [7, 11) is 2.73. The highest BCUT2D eigenvalue weighted by molar-refractivity contribution is 5.83. The summed E-state index contributed by atoms with van der Waals surface area (Å²) >= 11 is 0. The van der Waals surface area contributed by atoms with Gasteiger partial charge in [0.05, 0.1) is 14.2 Å². The van der Waals surface area contributed by atoms with Crippen molar-refractivity contribution in [3.8, 4) is 11.5 Å². The van der Waals surface area contributed by atoms with Crippen molar-refractivity contribution in [1.29, 1.82) is 0 Å². The van der Waals surface area contributed by atoms with Crippen molar-refractivity contribution in [2.45, 2.75) is 26.3 Å². The van der Waals surface area contributed by atoms with Gasteiger partial charge in [-0.05, 0) is 24.1 Å². The number of amides is 1. The maximum Gasteiger partial charge on any atom is 0.328 e. The first kappa shape index (κ1) is 15.8. The lowest BCUT2D eigenvalue weighted by molar-refractivity contribution is -0.144. The Balaban J connectivity index is 2.99. The van der Waals surface area contributed by atoms with Gasteiger partial charge in [0.2, 0.25) is 5.91 Å². The fourth-order valence-electron chi connectivity index (χ4n) is 2.03. The lowest BCUT2D eigenvalue weighted by Crippen LogP contribution is -2.42. The molecule has 1 amide bonds. The molecule has 0 spiro atoms. The van der Waals surface area contributed by atoms with Gasteiger partial charge in [0.15, 0.2) is 11.5 Å². The molecule has 0 radical (unpaired) electrons. The molecule has 0 aliphatic heterocycles. The topological polar surface area (TPSA) is 84.9 Å². The molecule has 1 rings (SSSR count). The van der Waals surface area contributed by atoms with Gasteiger partial charge in [-0.15, -0.1) is 0 Å². The molecule has 6 nitrogen and oxygen atoms in total. The van der Waals surface area contributed by atoms with E-state index in [1.165, 1.54) is 27.2 Å². The molecule has 0 saturated heterocycles. The van der Waals surface area contributed by atoms with Crippen LogP contribution in [0.2, 0.25) is 0 Å². The molecular formula is C14H19NO5. The summed E-state index contributed by atoms with van der Waals surface area (Å²) in [6.45, 7) is 3.11. The first-order valence-corrected chi connectivity index (χ1v) is 6.10. The maximum atomic E-state index is 11.6. The standard InChI is InChI=1S/C14H19NO5/c1-8-5-10(7-12(17)13(8)19-3)6-11(14(18)20-4)15-9(2)16/h5,7,11,17H,6H2,1-4H3,(H,15,16). The van der Waals surface area contributed by atoms with Crippen molar-refractivity contribution < 1.29 is 24.2 Å². The molecule has 0 saturated carbocycles. The highest BCUT2D eigenvalue weighted by atomic mass is 16.5. The van der Waals surface area contributed by atoms with Gasteiger partial charge in [-0.1, -0.05) is 6.07 Å². The highest BCUT2D eigenvalue weighted by Gasteiger charge is 2.21. The molecule has 110 valence electrons. The Kier molecular flexibility index (Phi) is 5.37. The number of carbonyl (C=O) groups excluding carboxylic acids is 2. The first-order valence-electron chi connectivity index (χ1n) is 6.10. The van der Waals surface area contributed by atoms with Crippen LogP contribution in [0, 0.1) is 6.92 Å². The number of rotatable bonds is 5. The number of esters is 1. The lowest BCUT2D eigenvalue weighted by atomic mass is 10.0. The molecule has 2 N–H and O–H groups in total. The average Bonchev–Trinajstić information content (AvgIpc) is 2.36. The molecular weight excluding hydrogens is 262 g/mol. The summed E-state index contributed by atoms with van der Waals surface area (Å²) in [6, 6.07) is 2.50. The van der Waals surface area contributed by atoms with E-state index >= 15 is 0 Å². The van der Waals surface area contributed by atoms with Crippen LogP contribution < -0.4 is 10.1 Å². The van der Waals surface area contributed by atoms with E-state index in [1.807, 2.05) is 0 Å². The van der Waals surface area contributed by atoms with Crippen LogP contribution in [-0.2, 0) is 20.7 Å². The molecule has 0 aliphatic carbocycles. The molecule has 1 unspecified atom stereocenters. The molecule has 0 bridgehead atoms. The number of ether oxygens (including phenoxy) is 2. The van der Waals surface area contributed by atoms with Crippen molar-refractivity contribution >= 4 is 11.9 Å². The first-order chi connectivity index (χ1) is 9.38. The number of aryl methyl sites for hydroxylation is 1. The smallest absolute Gasteiger partial charge is 0.328 e. The van der Waals surface area contributed by atoms with Gasteiger partial charge in [0.1, 0.15) is 6.04 Å². The second-order valence-corrected chi connectivity index (χ2v) is 4.45. The van der Waals surface area contributed by atoms with E-state index in [2.05, 4.69) is 10.1 Å². The second-order valence-electron chi connectivity index (χ2n) is 4.45. The predicted molar refractivity (Wildman–Crippen MR) is 72.7 cm³/mol. The number of hydrogen-bond acceptors (Lipinski definition) is 5. The normalized spacial score (nSPS) is 11.6. The Bertz CT molecular complexity index is 489. The number of benzene rings is 1. The van der Waals surface area contributed by atoms with Gasteiger partial charge >= 0.3 is 5.97 Å². The summed E-state index contributed by atoms with van der Waals surface area (Å²) < 4.78 is 9.71. The molecule has 0 aliphatic rings. The molecule has 1 atom stereocenters. The SMILES string of the molecule is COC(=O)C(Cc1cc(C)c(OC)c(O)c1)NC(C)=O. The predicted octanol–water partition coefficient (Wildman–Crippen LogP) is 0.929. The summed E-state index contributed by atoms with van der Waals surface area (Å²) in [4.78, 5) is 22.7. The van der Waals surface area contributed by atoms with Crippen LogP contribution in [0.4, 0.5) is 0 Å². The largest absolute Gasteiger partial charge is 0.504 e. The minimum absolute atomic E-state index is 0.00561. The fraction of sp³-hybridized carbons (Fsp3) is 0.429. The highest BCUT2D eigenvalue weighted by Crippen LogP contribution is 2.31. The van der Waals surface area contributed by atoms with Crippen LogP contribution >= 0.6 is 0 Å². The van der Waals surface area contributed by atoms with E-state index in [9.17, 15) is 14.7 Å². The zero-order valence-corrected chi connectivity index (χ0v) is 12.0. The van der Waals surface area contributed by atoms with E-state index in [4.69, 9.17) is 4.74 Å². The molecule has 1 aromatic carbocycles. The third-order valence-electron chi connectivity index (χ3n) is 2.82. The third-order valence-corrected chi connectivity index (χ3v) is 2.82. The van der Waals surface area contributed by atoms with Crippen molar-refractivity contribution in [3.05, 3.63) is 23.3 Å². The number of hydrogen-bond donors (Lipinski definition) is 2. The molecule has 6 heteroatoms. The van der Waals surface area contributed by atoms with Crippen LogP contribution in [0.25, 0.3) is 0 Å². The minimum Gasteiger partial charge on any atom is -0.504 e. The molecule has 0 aromatic heterocycles. The van der Waals surface area contributed by atoms with E-state index in [-0.39, 0.29) is 18.1 Å². The van der Waals surface area contributed by atoms with Crippen molar-refractivity contribution in [1.82, 2.24) is 5.32 Å². The van der Waals surface area contributed by atoms with Gasteiger partial charge in [0.25, 0.3) is 0 Å². The number of nitrogens with one attached hydrogen (secondary N) is 1. The molecule has 0 fully saturated rings. The van der Waals surface area contributed by atoms with Crippen molar-refractivity contribution in [2.24, 2.45) is 0 Å². The quantitative estimate of drug-likeness (QED) is 0.784. The van der Waals surface area contributed by atoms with Crippen LogP contribution in [0.15, 0.2) is 12.1 Å². The third kappa shape index (κ3) is 3.88. The van der Waals surface area contributed by atoms with Gasteiger partial charge in [-0.2, -0.15) is 0 Å². The zero-order chi connectivity index (χ0) is 15.3. The Morgan fingerprint density at radius 3 is 2.45 bits per heavy atom. The summed E-state index contributed by atoms with van der Waals surface area (Å²) in [5.41, 5.74) is 1.44. The molecule has 20 heavy (non-hydrogen) atoms. The van der Waals surface area contributed by atoms with E-state index in [0.29, 0.717) is 11.3 Å². The number of methoxy groups -OCH3 is 2. The van der Waals surface area contributed by atoms with E-state index < -0.39 is 12.0 Å². The van der Waals surface area contributed by atoms with Crippen LogP contribution in [0.1, 0.15) is 18.1 Å². The Hall–Kier alpha value is -2.24. The fourth-order valence-corrected chi connectivity index (χ4v) is 2.03. The van der Waals surface area contributed by atoms with Crippen LogP contribution in [0.3, 0.4) is 0 Å². The molecule has 0 heterocycles. The average molecular weight is 281 g/mol. The van der Waals surface area contributed by atoms with E-state index in [0.717, 1.165) is 5.56 Å². The lowest BCUT2D eigenvalue weighted by Gasteiger charge is -2.17. The monoisotopic (exact) mass is 281 g/mol. The Morgan fingerprint density at radius 1 is 1.35 bits per heavy atom. The second kappa shape index (κ2) is 6.79. The van der Waals surface area contributed by atoms with Crippen LogP contribution in [-0.4, -0.2) is 37.2 Å². The number of phenols is 1. The van der Waals surface area contributed by atoms with Crippen molar-refractivity contribution in [3.63, 3.8) is 0 Å². The molecule has 1 aromatic rings. The van der Waals surface area contributed by atoms with Gasteiger partial charge < -0.3 is 19.9 Å². The maximum absolute atomic E-state index is 11.6. The van der Waals surface area contributed by atoms with Gasteiger partial charge in [0, 0.05) is 13.3 Å². The summed E-state index contributed by atoms with van der Waals surface area (Å²) in [5, 5.41) is 12.4. The Morgan fingerprint density at radius 2 is 2.00 bits per heavy atom. The number of carbonyl (C=O) groups is 2. The Labute approximate surface area is 117 Å². The van der Waals surface area contributed by atoms with Crippen LogP contribution in [0.5, 0.6) is 11.5 Å². The van der Waals surface area contributed by atoms with Gasteiger partial charge in [-0.3, -0.25) is 4.79 Å². The number of aromatic hydroxyl groups is 1. The zero-order valence-electron chi connectivity index (χ0n) is 12.0. The number of phenolic OH excluding ortho intramolecular Hbond substituents is 1. The van der Waals surface area contributed by atoms with Gasteiger partial charge in [-0.25, -0.2) is 4.79 Å². The summed E-state index contributed by atoms with van der Waals surface area (Å²) in [6.07, 6.45) is 0.227. The van der Waals surface area contributed by atoms with Crippen molar-refractivity contribution in [2.75, 3.05) is 14.2 Å². The minimum atomic E-state index is -0.787. The van der Waals surface area contributed by atoms with E-state index in [1.54, 1.807) is 13.0 Å². The summed E-state index contributed by atoms with van der Waals surface area (Å²) in [5.74, 6) is -0.472.